The zero-order valence-corrected chi connectivity index (χ0v) is 12.5. The van der Waals surface area contributed by atoms with Crippen LogP contribution in [0, 0.1) is 0 Å². The molecule has 20 heavy (non-hydrogen) atoms. The third-order valence-corrected chi connectivity index (χ3v) is 4.34. The van der Waals surface area contributed by atoms with Crippen LogP contribution in [0.4, 0.5) is 0 Å². The van der Waals surface area contributed by atoms with Crippen molar-refractivity contribution in [3.8, 4) is 0 Å². The number of hydrogen-bond donors (Lipinski definition) is 3. The fraction of sp³-hybridized carbons (Fsp3) is 0.462. The van der Waals surface area contributed by atoms with Crippen molar-refractivity contribution in [1.82, 2.24) is 10.0 Å². The average molecular weight is 299 g/mol. The van der Waals surface area contributed by atoms with E-state index >= 15 is 0 Å². The Morgan fingerprint density at radius 2 is 1.90 bits per heavy atom. The third kappa shape index (κ3) is 4.59. The molecule has 7 heteroatoms. The second-order valence-electron chi connectivity index (χ2n) is 4.64. The second kappa shape index (κ2) is 6.83. The highest BCUT2D eigenvalue weighted by molar-refractivity contribution is 7.89. The van der Waals surface area contributed by atoms with Gasteiger partial charge in [0.2, 0.25) is 15.9 Å². The first-order chi connectivity index (χ1) is 9.29. The van der Waals surface area contributed by atoms with Crippen LogP contribution in [0.2, 0.25) is 0 Å². The molecule has 6 nitrogen and oxygen atoms in total. The van der Waals surface area contributed by atoms with Crippen LogP contribution in [0.5, 0.6) is 0 Å². The quantitative estimate of drug-likeness (QED) is 0.655. The molecule has 0 saturated heterocycles. The lowest BCUT2D eigenvalue weighted by Gasteiger charge is -2.24. The molecule has 1 aromatic rings. The van der Waals surface area contributed by atoms with Gasteiger partial charge in [0, 0.05) is 13.1 Å². The van der Waals surface area contributed by atoms with Gasteiger partial charge in [-0.15, -0.1) is 0 Å². The molecule has 0 radical (unpaired) electrons. The van der Waals surface area contributed by atoms with Gasteiger partial charge in [0.15, 0.2) is 0 Å². The van der Waals surface area contributed by atoms with Crippen molar-refractivity contribution in [1.29, 1.82) is 0 Å². The van der Waals surface area contributed by atoms with Gasteiger partial charge in [0.1, 0.15) is 5.54 Å². The number of nitrogens with one attached hydrogen (secondary N) is 2. The molecule has 1 amide bonds. The van der Waals surface area contributed by atoms with Gasteiger partial charge in [0.05, 0.1) is 5.75 Å². The number of amides is 1. The predicted octanol–water partition coefficient (Wildman–Crippen LogP) is -0.0840. The van der Waals surface area contributed by atoms with Crippen LogP contribution >= 0.6 is 0 Å². The van der Waals surface area contributed by atoms with E-state index in [-0.39, 0.29) is 12.3 Å². The molecule has 4 N–H and O–H groups in total. The Kier molecular flexibility index (Phi) is 5.67. The van der Waals surface area contributed by atoms with E-state index in [1.807, 2.05) is 6.07 Å². The standard InChI is InChI=1S/C13H21N3O3S/c1-3-16-20(18,19)10-9-15-12(17)13(2,14)11-7-5-4-6-8-11/h4-8,16H,3,9-10,14H2,1-2H3,(H,15,17). The van der Waals surface area contributed by atoms with Gasteiger partial charge in [-0.1, -0.05) is 37.3 Å². The van der Waals surface area contributed by atoms with Crippen molar-refractivity contribution < 1.29 is 13.2 Å². The number of rotatable bonds is 7. The second-order valence-corrected chi connectivity index (χ2v) is 6.57. The molecule has 1 unspecified atom stereocenters. The van der Waals surface area contributed by atoms with Crippen LogP contribution in [-0.2, 0) is 20.4 Å². The van der Waals surface area contributed by atoms with Gasteiger partial charge in [-0.05, 0) is 12.5 Å². The van der Waals surface area contributed by atoms with E-state index in [4.69, 9.17) is 5.73 Å². The van der Waals surface area contributed by atoms with E-state index in [9.17, 15) is 13.2 Å². The van der Waals surface area contributed by atoms with Crippen molar-refractivity contribution in [3.63, 3.8) is 0 Å². The van der Waals surface area contributed by atoms with E-state index in [0.717, 1.165) is 0 Å². The van der Waals surface area contributed by atoms with Crippen molar-refractivity contribution in [3.05, 3.63) is 35.9 Å². The first kappa shape index (κ1) is 16.6. The van der Waals surface area contributed by atoms with Gasteiger partial charge in [-0.2, -0.15) is 0 Å². The Morgan fingerprint density at radius 3 is 2.45 bits per heavy atom. The predicted molar refractivity (Wildman–Crippen MR) is 78.5 cm³/mol. The molecule has 1 rings (SSSR count). The topological polar surface area (TPSA) is 101 Å². The molecule has 0 saturated carbocycles. The zero-order valence-electron chi connectivity index (χ0n) is 11.7. The summed E-state index contributed by atoms with van der Waals surface area (Å²) in [5.41, 5.74) is 5.49. The molecule has 1 aromatic carbocycles. The molecular weight excluding hydrogens is 278 g/mol. The number of nitrogens with two attached hydrogens (primary N) is 1. The summed E-state index contributed by atoms with van der Waals surface area (Å²) in [4.78, 5) is 12.1. The van der Waals surface area contributed by atoms with E-state index in [1.165, 1.54) is 0 Å². The monoisotopic (exact) mass is 299 g/mol. The summed E-state index contributed by atoms with van der Waals surface area (Å²) < 4.78 is 25.2. The molecule has 0 aliphatic rings. The normalized spacial score (nSPS) is 14.6. The lowest BCUT2D eigenvalue weighted by molar-refractivity contribution is -0.125. The summed E-state index contributed by atoms with van der Waals surface area (Å²) in [6, 6.07) is 8.94. The lowest BCUT2D eigenvalue weighted by Crippen LogP contribution is -2.50. The highest BCUT2D eigenvalue weighted by atomic mass is 32.2. The summed E-state index contributed by atoms with van der Waals surface area (Å²) in [5.74, 6) is -0.576. The number of carbonyl (C=O) groups is 1. The first-order valence-corrected chi connectivity index (χ1v) is 8.05. The maximum absolute atomic E-state index is 12.1. The molecule has 112 valence electrons. The summed E-state index contributed by atoms with van der Waals surface area (Å²) >= 11 is 0. The molecule has 0 aromatic heterocycles. The summed E-state index contributed by atoms with van der Waals surface area (Å²) in [6.45, 7) is 3.64. The number of carbonyl (C=O) groups excluding carboxylic acids is 1. The van der Waals surface area contributed by atoms with Gasteiger partial charge >= 0.3 is 0 Å². The summed E-state index contributed by atoms with van der Waals surface area (Å²) in [5, 5.41) is 2.55. The molecule has 0 fully saturated rings. The minimum Gasteiger partial charge on any atom is -0.353 e. The molecule has 0 aliphatic carbocycles. The van der Waals surface area contributed by atoms with Crippen LogP contribution in [0.1, 0.15) is 19.4 Å². The van der Waals surface area contributed by atoms with E-state index in [1.54, 1.807) is 38.1 Å². The summed E-state index contributed by atoms with van der Waals surface area (Å²) in [6.07, 6.45) is 0. The number of hydrogen-bond acceptors (Lipinski definition) is 4. The maximum atomic E-state index is 12.1. The summed E-state index contributed by atoms with van der Waals surface area (Å²) in [7, 11) is -3.34. The Balaban J connectivity index is 2.59. The van der Waals surface area contributed by atoms with Crippen LogP contribution < -0.4 is 15.8 Å². The van der Waals surface area contributed by atoms with E-state index < -0.39 is 21.5 Å². The fourth-order valence-corrected chi connectivity index (χ4v) is 2.65. The minimum atomic E-state index is -3.34. The average Bonchev–Trinajstić information content (AvgIpc) is 2.39. The van der Waals surface area contributed by atoms with Crippen LogP contribution in [0.15, 0.2) is 30.3 Å². The van der Waals surface area contributed by atoms with Crippen molar-refractivity contribution >= 4 is 15.9 Å². The van der Waals surface area contributed by atoms with Crippen LogP contribution in [-0.4, -0.2) is 33.2 Å². The Morgan fingerprint density at radius 1 is 1.30 bits per heavy atom. The SMILES string of the molecule is CCNS(=O)(=O)CCNC(=O)C(C)(N)c1ccccc1. The van der Waals surface area contributed by atoms with Crippen molar-refractivity contribution in [2.75, 3.05) is 18.8 Å². The zero-order chi connectivity index (χ0) is 15.2. The smallest absolute Gasteiger partial charge is 0.244 e. The third-order valence-electron chi connectivity index (χ3n) is 2.87. The van der Waals surface area contributed by atoms with E-state index in [2.05, 4.69) is 10.0 Å². The number of benzene rings is 1. The Labute approximate surface area is 119 Å². The first-order valence-electron chi connectivity index (χ1n) is 6.39. The highest BCUT2D eigenvalue weighted by Gasteiger charge is 2.30. The Hall–Kier alpha value is -1.44. The fourth-order valence-electron chi connectivity index (χ4n) is 1.69. The van der Waals surface area contributed by atoms with Gasteiger partial charge < -0.3 is 11.1 Å². The molecular formula is C13H21N3O3S. The molecule has 0 aliphatic heterocycles. The van der Waals surface area contributed by atoms with E-state index in [0.29, 0.717) is 12.1 Å². The largest absolute Gasteiger partial charge is 0.353 e. The van der Waals surface area contributed by atoms with Crippen LogP contribution in [0.25, 0.3) is 0 Å². The highest BCUT2D eigenvalue weighted by Crippen LogP contribution is 2.17. The Bertz CT molecular complexity index is 541. The molecule has 1 atom stereocenters. The van der Waals surface area contributed by atoms with Gasteiger partial charge in [-0.25, -0.2) is 13.1 Å². The molecule has 0 heterocycles. The van der Waals surface area contributed by atoms with Crippen molar-refractivity contribution in [2.45, 2.75) is 19.4 Å². The van der Waals surface area contributed by atoms with Gasteiger partial charge in [-0.3, -0.25) is 4.79 Å². The minimum absolute atomic E-state index is 0.0216. The number of sulfonamides is 1. The lowest BCUT2D eigenvalue weighted by atomic mass is 9.92. The van der Waals surface area contributed by atoms with Crippen molar-refractivity contribution in [2.24, 2.45) is 5.73 Å². The molecule has 0 spiro atoms. The maximum Gasteiger partial charge on any atom is 0.244 e. The van der Waals surface area contributed by atoms with Gasteiger partial charge in [0.25, 0.3) is 0 Å². The van der Waals surface area contributed by atoms with Crippen LogP contribution in [0.3, 0.4) is 0 Å². The molecule has 0 bridgehead atoms.